The third kappa shape index (κ3) is 5.87. The van der Waals surface area contributed by atoms with Crippen molar-refractivity contribution in [3.8, 4) is 0 Å². The highest BCUT2D eigenvalue weighted by atomic mass is 16.5. The number of rotatable bonds is 5. The molecule has 0 saturated heterocycles. The Morgan fingerprint density at radius 1 is 1.06 bits per heavy atom. The summed E-state index contributed by atoms with van der Waals surface area (Å²) < 4.78 is 6.30. The average molecular weight is 241 g/mol. The van der Waals surface area contributed by atoms with Crippen LogP contribution in [0.2, 0.25) is 0 Å². The molecular weight excluding hydrogens is 210 g/mol. The summed E-state index contributed by atoms with van der Waals surface area (Å²) in [5.41, 5.74) is 0.502. The van der Waals surface area contributed by atoms with E-state index in [1.807, 2.05) is 7.05 Å². The monoisotopic (exact) mass is 241 g/mol. The van der Waals surface area contributed by atoms with Gasteiger partial charge in [-0.15, -0.1) is 0 Å². The van der Waals surface area contributed by atoms with E-state index in [0.29, 0.717) is 5.41 Å². The molecule has 2 heteroatoms. The number of hydrogen-bond donors (Lipinski definition) is 1. The van der Waals surface area contributed by atoms with Crippen molar-refractivity contribution >= 4 is 0 Å². The van der Waals surface area contributed by atoms with E-state index in [9.17, 15) is 0 Å². The summed E-state index contributed by atoms with van der Waals surface area (Å²) in [4.78, 5) is 0. The van der Waals surface area contributed by atoms with E-state index in [0.717, 1.165) is 19.6 Å². The molecule has 1 rings (SSSR count). The van der Waals surface area contributed by atoms with E-state index in [-0.39, 0.29) is 5.60 Å². The fourth-order valence-corrected chi connectivity index (χ4v) is 2.64. The van der Waals surface area contributed by atoms with E-state index >= 15 is 0 Å². The zero-order valence-electron chi connectivity index (χ0n) is 12.3. The van der Waals surface area contributed by atoms with E-state index in [1.54, 1.807) is 0 Å². The molecule has 0 aromatic carbocycles. The fourth-order valence-electron chi connectivity index (χ4n) is 2.64. The highest BCUT2D eigenvalue weighted by Crippen LogP contribution is 2.31. The maximum absolute atomic E-state index is 6.30. The van der Waals surface area contributed by atoms with Gasteiger partial charge in [-0.1, -0.05) is 46.5 Å². The van der Waals surface area contributed by atoms with Gasteiger partial charge in [-0.25, -0.2) is 0 Å². The SMILES string of the molecule is CNCC1(OCCC(C)(C)C)CCCCCC1. The van der Waals surface area contributed by atoms with E-state index in [4.69, 9.17) is 4.74 Å². The summed E-state index contributed by atoms with van der Waals surface area (Å²) >= 11 is 0. The topological polar surface area (TPSA) is 21.3 Å². The van der Waals surface area contributed by atoms with Crippen molar-refractivity contribution in [2.45, 2.75) is 71.3 Å². The van der Waals surface area contributed by atoms with Crippen molar-refractivity contribution in [2.75, 3.05) is 20.2 Å². The Balaban J connectivity index is 2.45. The number of likely N-dealkylation sites (N-methyl/N-ethyl adjacent to an activating group) is 1. The number of ether oxygens (including phenoxy) is 1. The average Bonchev–Trinajstić information content (AvgIpc) is 2.43. The highest BCUT2D eigenvalue weighted by molar-refractivity contribution is 4.85. The number of nitrogens with one attached hydrogen (secondary N) is 1. The summed E-state index contributed by atoms with van der Waals surface area (Å²) in [6, 6.07) is 0. The van der Waals surface area contributed by atoms with Crippen LogP contribution in [0.4, 0.5) is 0 Å². The van der Waals surface area contributed by atoms with Gasteiger partial charge in [-0.05, 0) is 31.7 Å². The molecule has 102 valence electrons. The van der Waals surface area contributed by atoms with Gasteiger partial charge in [-0.3, -0.25) is 0 Å². The van der Waals surface area contributed by atoms with Crippen LogP contribution in [0.1, 0.15) is 65.7 Å². The molecule has 0 spiro atoms. The molecule has 1 saturated carbocycles. The predicted octanol–water partition coefficient (Wildman–Crippen LogP) is 3.75. The van der Waals surface area contributed by atoms with E-state index < -0.39 is 0 Å². The van der Waals surface area contributed by atoms with E-state index in [2.05, 4.69) is 26.1 Å². The molecule has 2 nitrogen and oxygen atoms in total. The third-order valence-electron chi connectivity index (χ3n) is 3.77. The van der Waals surface area contributed by atoms with Gasteiger partial charge in [0.25, 0.3) is 0 Å². The molecule has 0 aromatic rings. The first-order valence-corrected chi connectivity index (χ1v) is 7.26. The Hall–Kier alpha value is -0.0800. The molecule has 0 radical (unpaired) electrons. The minimum absolute atomic E-state index is 0.122. The zero-order valence-corrected chi connectivity index (χ0v) is 12.3. The molecule has 0 unspecified atom stereocenters. The second kappa shape index (κ2) is 6.75. The lowest BCUT2D eigenvalue weighted by atomic mass is 9.91. The number of hydrogen-bond acceptors (Lipinski definition) is 2. The minimum atomic E-state index is 0.122. The Morgan fingerprint density at radius 3 is 2.12 bits per heavy atom. The quantitative estimate of drug-likeness (QED) is 0.740. The molecule has 0 bridgehead atoms. The van der Waals surface area contributed by atoms with Crippen LogP contribution in [0.25, 0.3) is 0 Å². The lowest BCUT2D eigenvalue weighted by Crippen LogP contribution is -2.42. The fraction of sp³-hybridized carbons (Fsp3) is 1.00. The molecule has 17 heavy (non-hydrogen) atoms. The van der Waals surface area contributed by atoms with Crippen LogP contribution in [0, 0.1) is 5.41 Å². The zero-order chi connectivity index (χ0) is 12.8. The molecule has 0 heterocycles. The van der Waals surface area contributed by atoms with Gasteiger partial charge in [0.1, 0.15) is 0 Å². The summed E-state index contributed by atoms with van der Waals surface area (Å²) in [5, 5.41) is 3.33. The Labute approximate surface area is 108 Å². The van der Waals surface area contributed by atoms with Gasteiger partial charge in [-0.2, -0.15) is 0 Å². The first-order valence-electron chi connectivity index (χ1n) is 7.26. The van der Waals surface area contributed by atoms with Gasteiger partial charge in [0, 0.05) is 13.2 Å². The molecule has 0 atom stereocenters. The van der Waals surface area contributed by atoms with Gasteiger partial charge >= 0.3 is 0 Å². The standard InChI is InChI=1S/C15H31NO/c1-14(2,3)11-12-17-15(13-16-4)9-7-5-6-8-10-15/h16H,5-13H2,1-4H3. The molecule has 1 N–H and O–H groups in total. The molecule has 0 aliphatic heterocycles. The van der Waals surface area contributed by atoms with Gasteiger partial charge in [0.2, 0.25) is 0 Å². The van der Waals surface area contributed by atoms with E-state index in [1.165, 1.54) is 38.5 Å². The summed E-state index contributed by atoms with van der Waals surface area (Å²) in [6.07, 6.45) is 9.05. The van der Waals surface area contributed by atoms with Crippen molar-refractivity contribution in [2.24, 2.45) is 5.41 Å². The molecule has 1 aliphatic rings. The molecule has 1 aliphatic carbocycles. The van der Waals surface area contributed by atoms with Crippen molar-refractivity contribution < 1.29 is 4.74 Å². The van der Waals surface area contributed by atoms with Crippen molar-refractivity contribution in [3.63, 3.8) is 0 Å². The summed E-state index contributed by atoms with van der Waals surface area (Å²) in [5.74, 6) is 0. The molecular formula is C15H31NO. The first-order chi connectivity index (χ1) is 7.97. The van der Waals surface area contributed by atoms with Crippen molar-refractivity contribution in [1.82, 2.24) is 5.32 Å². The Morgan fingerprint density at radius 2 is 1.65 bits per heavy atom. The maximum Gasteiger partial charge on any atom is 0.0806 e. The third-order valence-corrected chi connectivity index (χ3v) is 3.77. The molecule has 1 fully saturated rings. The highest BCUT2D eigenvalue weighted by Gasteiger charge is 2.31. The smallest absolute Gasteiger partial charge is 0.0806 e. The van der Waals surface area contributed by atoms with Gasteiger partial charge in [0.05, 0.1) is 5.60 Å². The minimum Gasteiger partial charge on any atom is -0.374 e. The Kier molecular flexibility index (Phi) is 5.94. The van der Waals surface area contributed by atoms with Crippen molar-refractivity contribution in [1.29, 1.82) is 0 Å². The molecule has 0 amide bonds. The second-order valence-corrected chi connectivity index (χ2v) is 6.79. The lowest BCUT2D eigenvalue weighted by Gasteiger charge is -2.34. The predicted molar refractivity (Wildman–Crippen MR) is 74.4 cm³/mol. The second-order valence-electron chi connectivity index (χ2n) is 6.79. The Bertz CT molecular complexity index is 199. The van der Waals surface area contributed by atoms with Gasteiger partial charge < -0.3 is 10.1 Å². The molecule has 0 aromatic heterocycles. The van der Waals surface area contributed by atoms with Crippen LogP contribution in [0.3, 0.4) is 0 Å². The normalized spacial score (nSPS) is 21.2. The summed E-state index contributed by atoms with van der Waals surface area (Å²) in [7, 11) is 2.04. The van der Waals surface area contributed by atoms with Crippen LogP contribution in [0.5, 0.6) is 0 Å². The van der Waals surface area contributed by atoms with Crippen LogP contribution in [0.15, 0.2) is 0 Å². The lowest BCUT2D eigenvalue weighted by molar-refractivity contribution is -0.0615. The first kappa shape index (κ1) is 15.0. The largest absolute Gasteiger partial charge is 0.374 e. The van der Waals surface area contributed by atoms with Crippen LogP contribution in [-0.4, -0.2) is 25.8 Å². The van der Waals surface area contributed by atoms with Crippen LogP contribution < -0.4 is 5.32 Å². The summed E-state index contributed by atoms with van der Waals surface area (Å²) in [6.45, 7) is 8.78. The van der Waals surface area contributed by atoms with Crippen LogP contribution >= 0.6 is 0 Å². The van der Waals surface area contributed by atoms with Crippen LogP contribution in [-0.2, 0) is 4.74 Å². The van der Waals surface area contributed by atoms with Gasteiger partial charge in [0.15, 0.2) is 0 Å². The maximum atomic E-state index is 6.30. The van der Waals surface area contributed by atoms with Crippen molar-refractivity contribution in [3.05, 3.63) is 0 Å².